The summed E-state index contributed by atoms with van der Waals surface area (Å²) in [5.74, 6) is -1.08. The van der Waals surface area contributed by atoms with Crippen molar-refractivity contribution in [2.45, 2.75) is 13.0 Å². The van der Waals surface area contributed by atoms with Gasteiger partial charge in [-0.15, -0.1) is 5.10 Å². The first kappa shape index (κ1) is 12.6. The van der Waals surface area contributed by atoms with Crippen LogP contribution >= 0.6 is 0 Å². The predicted molar refractivity (Wildman–Crippen MR) is 54.3 cm³/mol. The topological polar surface area (TPSA) is 86.5 Å². The van der Waals surface area contributed by atoms with Gasteiger partial charge in [0.05, 0.1) is 19.3 Å². The van der Waals surface area contributed by atoms with Crippen molar-refractivity contribution in [2.24, 2.45) is 0 Å². The Morgan fingerprint density at radius 1 is 1.50 bits per heavy atom. The average Bonchev–Trinajstić information content (AvgIpc) is 2.72. The molecular weight excluding hydrogens is 214 g/mol. The van der Waals surface area contributed by atoms with Crippen molar-refractivity contribution < 1.29 is 19.4 Å². The van der Waals surface area contributed by atoms with Crippen molar-refractivity contribution in [3.63, 3.8) is 0 Å². The maximum absolute atomic E-state index is 10.5. The minimum atomic E-state index is -1.08. The summed E-state index contributed by atoms with van der Waals surface area (Å²) in [6.07, 6.45) is 2.22. The Morgan fingerprint density at radius 3 is 2.94 bits per heavy atom. The highest BCUT2D eigenvalue weighted by Crippen LogP contribution is 1.93. The number of hydrogen-bond donors (Lipinski definition) is 1. The molecule has 1 aromatic rings. The molecule has 1 heterocycles. The minimum absolute atomic E-state index is 0.0561. The van der Waals surface area contributed by atoms with Crippen LogP contribution in [-0.2, 0) is 16.0 Å². The molecular formula is C9H15N3O4. The first-order valence-electron chi connectivity index (χ1n) is 4.94. The maximum Gasteiger partial charge on any atom is 0.358 e. The number of carbonyl (C=O) groups is 1. The zero-order valence-electron chi connectivity index (χ0n) is 9.13. The molecule has 0 aromatic carbocycles. The third-order valence-corrected chi connectivity index (χ3v) is 1.86. The van der Waals surface area contributed by atoms with Crippen molar-refractivity contribution in [3.8, 4) is 0 Å². The number of carboxylic acids is 1. The van der Waals surface area contributed by atoms with E-state index in [-0.39, 0.29) is 5.69 Å². The van der Waals surface area contributed by atoms with Gasteiger partial charge in [0.15, 0.2) is 5.69 Å². The molecule has 0 spiro atoms. The van der Waals surface area contributed by atoms with E-state index < -0.39 is 5.97 Å². The highest BCUT2D eigenvalue weighted by atomic mass is 16.5. The number of aromatic carboxylic acids is 1. The molecule has 0 saturated heterocycles. The predicted octanol–water partition coefficient (Wildman–Crippen LogP) is 0.0294. The summed E-state index contributed by atoms with van der Waals surface area (Å²) in [7, 11) is 1.64. The summed E-state index contributed by atoms with van der Waals surface area (Å²) in [5, 5.41) is 15.7. The maximum atomic E-state index is 10.5. The Kier molecular flexibility index (Phi) is 5.44. The normalized spacial score (nSPS) is 10.6. The fraction of sp³-hybridized carbons (Fsp3) is 0.667. The third kappa shape index (κ3) is 4.37. The van der Waals surface area contributed by atoms with Crippen LogP contribution in [0.4, 0.5) is 0 Å². The fourth-order valence-corrected chi connectivity index (χ4v) is 1.07. The molecule has 7 nitrogen and oxygen atoms in total. The molecule has 1 N–H and O–H groups in total. The molecule has 0 saturated carbocycles. The van der Waals surface area contributed by atoms with Gasteiger partial charge in [-0.3, -0.25) is 0 Å². The molecule has 1 aromatic heterocycles. The van der Waals surface area contributed by atoms with Crippen molar-refractivity contribution >= 4 is 5.97 Å². The van der Waals surface area contributed by atoms with Crippen LogP contribution < -0.4 is 0 Å². The molecule has 90 valence electrons. The van der Waals surface area contributed by atoms with Crippen molar-refractivity contribution in [1.82, 2.24) is 15.0 Å². The number of hydrogen-bond acceptors (Lipinski definition) is 5. The number of nitrogens with zero attached hydrogens (tertiary/aromatic N) is 3. The summed E-state index contributed by atoms with van der Waals surface area (Å²) in [5.41, 5.74) is -0.0561. The molecule has 0 aliphatic carbocycles. The highest BCUT2D eigenvalue weighted by molar-refractivity contribution is 5.84. The smallest absolute Gasteiger partial charge is 0.358 e. The van der Waals surface area contributed by atoms with E-state index in [0.717, 1.165) is 6.42 Å². The Morgan fingerprint density at radius 2 is 2.31 bits per heavy atom. The van der Waals surface area contributed by atoms with Crippen LogP contribution in [-0.4, -0.2) is 53.0 Å². The summed E-state index contributed by atoms with van der Waals surface area (Å²) >= 11 is 0. The molecule has 0 aliphatic rings. The van der Waals surface area contributed by atoms with Gasteiger partial charge < -0.3 is 14.6 Å². The molecule has 1 rings (SSSR count). The van der Waals surface area contributed by atoms with Gasteiger partial charge in [-0.2, -0.15) is 0 Å². The quantitative estimate of drug-likeness (QED) is 0.633. The molecule has 0 radical (unpaired) electrons. The number of rotatable bonds is 8. The van der Waals surface area contributed by atoms with Gasteiger partial charge >= 0.3 is 5.97 Å². The number of methoxy groups -OCH3 is 1. The summed E-state index contributed by atoms with van der Waals surface area (Å²) < 4.78 is 11.6. The lowest BCUT2D eigenvalue weighted by Crippen LogP contribution is -2.08. The average molecular weight is 229 g/mol. The molecule has 0 aliphatic heterocycles. The lowest BCUT2D eigenvalue weighted by molar-refractivity contribution is 0.0690. The Labute approximate surface area is 93.0 Å². The Bertz CT molecular complexity index is 326. The van der Waals surface area contributed by atoms with Crippen LogP contribution in [0.15, 0.2) is 6.20 Å². The zero-order valence-corrected chi connectivity index (χ0v) is 9.13. The Balaban J connectivity index is 2.14. The monoisotopic (exact) mass is 229 g/mol. The van der Waals surface area contributed by atoms with E-state index in [9.17, 15) is 4.79 Å². The number of ether oxygens (including phenoxy) is 2. The van der Waals surface area contributed by atoms with Crippen LogP contribution in [0, 0.1) is 0 Å². The van der Waals surface area contributed by atoms with Crippen LogP contribution in [0.2, 0.25) is 0 Å². The number of carboxylic acid groups (broad SMARTS) is 1. The second kappa shape index (κ2) is 6.91. The third-order valence-electron chi connectivity index (χ3n) is 1.86. The van der Waals surface area contributed by atoms with E-state index >= 15 is 0 Å². The lowest BCUT2D eigenvalue weighted by Gasteiger charge is -2.03. The largest absolute Gasteiger partial charge is 0.476 e. The molecule has 0 amide bonds. The minimum Gasteiger partial charge on any atom is -0.476 e. The van der Waals surface area contributed by atoms with E-state index in [2.05, 4.69) is 10.3 Å². The van der Waals surface area contributed by atoms with E-state index in [4.69, 9.17) is 14.6 Å². The fourth-order valence-electron chi connectivity index (χ4n) is 1.07. The van der Waals surface area contributed by atoms with E-state index in [0.29, 0.717) is 26.4 Å². The molecule has 0 atom stereocenters. The van der Waals surface area contributed by atoms with Gasteiger partial charge in [0.25, 0.3) is 0 Å². The van der Waals surface area contributed by atoms with E-state index in [1.165, 1.54) is 10.9 Å². The highest BCUT2D eigenvalue weighted by Gasteiger charge is 2.07. The summed E-state index contributed by atoms with van der Waals surface area (Å²) in [4.78, 5) is 10.5. The second-order valence-corrected chi connectivity index (χ2v) is 3.13. The van der Waals surface area contributed by atoms with Gasteiger partial charge in [-0.25, -0.2) is 9.48 Å². The summed E-state index contributed by atoms with van der Waals surface area (Å²) in [6, 6.07) is 0. The van der Waals surface area contributed by atoms with E-state index in [1.807, 2.05) is 0 Å². The zero-order chi connectivity index (χ0) is 11.8. The van der Waals surface area contributed by atoms with Crippen molar-refractivity contribution in [2.75, 3.05) is 26.9 Å². The first-order valence-corrected chi connectivity index (χ1v) is 4.94. The van der Waals surface area contributed by atoms with E-state index in [1.54, 1.807) is 7.11 Å². The molecule has 7 heteroatoms. The Hall–Kier alpha value is -1.47. The van der Waals surface area contributed by atoms with Gasteiger partial charge in [-0.05, 0) is 6.42 Å². The standard InChI is InChI=1S/C9H15N3O4/c1-15-4-2-5-16-6-3-12-7-8(9(13)14)10-11-12/h7H,2-6H2,1H3,(H,13,14). The first-order chi connectivity index (χ1) is 7.74. The lowest BCUT2D eigenvalue weighted by atomic mass is 10.5. The van der Waals surface area contributed by atoms with Crippen molar-refractivity contribution in [1.29, 1.82) is 0 Å². The van der Waals surface area contributed by atoms with Crippen LogP contribution in [0.3, 0.4) is 0 Å². The van der Waals surface area contributed by atoms with Gasteiger partial charge in [0.1, 0.15) is 0 Å². The molecule has 0 fully saturated rings. The van der Waals surface area contributed by atoms with Crippen LogP contribution in [0.25, 0.3) is 0 Å². The molecule has 0 bridgehead atoms. The molecule has 16 heavy (non-hydrogen) atoms. The number of aromatic nitrogens is 3. The molecule has 0 unspecified atom stereocenters. The van der Waals surface area contributed by atoms with Gasteiger partial charge in [-0.1, -0.05) is 5.21 Å². The second-order valence-electron chi connectivity index (χ2n) is 3.13. The summed E-state index contributed by atoms with van der Waals surface area (Å²) in [6.45, 7) is 2.26. The van der Waals surface area contributed by atoms with Crippen LogP contribution in [0.1, 0.15) is 16.9 Å². The SMILES string of the molecule is COCCCOCCn1cc(C(=O)O)nn1. The van der Waals surface area contributed by atoms with Crippen molar-refractivity contribution in [3.05, 3.63) is 11.9 Å². The van der Waals surface area contributed by atoms with Gasteiger partial charge in [0.2, 0.25) is 0 Å². The van der Waals surface area contributed by atoms with Crippen LogP contribution in [0.5, 0.6) is 0 Å². The van der Waals surface area contributed by atoms with Gasteiger partial charge in [0, 0.05) is 20.3 Å².